The van der Waals surface area contributed by atoms with Crippen LogP contribution >= 0.6 is 11.8 Å². The van der Waals surface area contributed by atoms with E-state index < -0.39 is 5.97 Å². The molecule has 1 aliphatic rings. The molecule has 0 aliphatic heterocycles. The van der Waals surface area contributed by atoms with Crippen molar-refractivity contribution in [3.05, 3.63) is 29.8 Å². The maximum atomic E-state index is 10.9. The van der Waals surface area contributed by atoms with Gasteiger partial charge in [-0.05, 0) is 44.7 Å². The van der Waals surface area contributed by atoms with Crippen LogP contribution in [0.15, 0.2) is 29.2 Å². The van der Waals surface area contributed by atoms with Gasteiger partial charge >= 0.3 is 5.97 Å². The molecule has 110 valence electrons. The van der Waals surface area contributed by atoms with Crippen molar-refractivity contribution in [2.75, 3.05) is 12.3 Å². The van der Waals surface area contributed by atoms with Crippen molar-refractivity contribution in [2.24, 2.45) is 5.92 Å². The number of aliphatic carboxylic acids is 1. The molecule has 20 heavy (non-hydrogen) atoms. The van der Waals surface area contributed by atoms with Crippen LogP contribution in [0.2, 0.25) is 0 Å². The Hall–Kier alpha value is -1.00. The van der Waals surface area contributed by atoms with Crippen molar-refractivity contribution in [2.45, 2.75) is 43.5 Å². The Morgan fingerprint density at radius 1 is 1.25 bits per heavy atom. The molecule has 2 rings (SSSR count). The van der Waals surface area contributed by atoms with Crippen molar-refractivity contribution in [3.8, 4) is 0 Å². The number of hydrogen-bond donors (Lipinski definition) is 2. The lowest BCUT2D eigenvalue weighted by Crippen LogP contribution is -2.36. The summed E-state index contributed by atoms with van der Waals surface area (Å²) in [6.45, 7) is 3.09. The van der Waals surface area contributed by atoms with E-state index in [0.717, 1.165) is 38.0 Å². The van der Waals surface area contributed by atoms with Gasteiger partial charge in [0.25, 0.3) is 0 Å². The molecular formula is C16H23NO2S. The summed E-state index contributed by atoms with van der Waals surface area (Å²) >= 11 is 1.87. The van der Waals surface area contributed by atoms with Crippen LogP contribution in [0.3, 0.4) is 0 Å². The molecule has 0 spiro atoms. The Bertz CT molecular complexity index is 425. The second kappa shape index (κ2) is 7.70. The Morgan fingerprint density at radius 3 is 2.50 bits per heavy atom. The number of thioether (sulfide) groups is 1. The van der Waals surface area contributed by atoms with Crippen molar-refractivity contribution in [3.63, 3.8) is 0 Å². The zero-order valence-corrected chi connectivity index (χ0v) is 12.8. The number of carbonyl (C=O) groups is 1. The van der Waals surface area contributed by atoms with Gasteiger partial charge in [0.2, 0.25) is 0 Å². The summed E-state index contributed by atoms with van der Waals surface area (Å²) < 4.78 is 0. The summed E-state index contributed by atoms with van der Waals surface area (Å²) in [6.07, 6.45) is 3.62. The molecule has 0 saturated heterocycles. The number of rotatable bonds is 6. The minimum Gasteiger partial charge on any atom is -0.481 e. The molecule has 0 atom stereocenters. The van der Waals surface area contributed by atoms with Crippen LogP contribution in [-0.4, -0.2) is 29.4 Å². The largest absolute Gasteiger partial charge is 0.481 e. The fourth-order valence-electron chi connectivity index (χ4n) is 2.61. The molecule has 0 heterocycles. The van der Waals surface area contributed by atoms with Gasteiger partial charge in [0.05, 0.1) is 5.92 Å². The van der Waals surface area contributed by atoms with Gasteiger partial charge in [-0.2, -0.15) is 0 Å². The van der Waals surface area contributed by atoms with E-state index in [1.165, 1.54) is 10.5 Å². The minimum atomic E-state index is -0.627. The Balaban J connectivity index is 1.60. The zero-order chi connectivity index (χ0) is 14.4. The van der Waals surface area contributed by atoms with E-state index >= 15 is 0 Å². The molecule has 3 nitrogen and oxygen atoms in total. The van der Waals surface area contributed by atoms with Gasteiger partial charge in [-0.25, -0.2) is 0 Å². The van der Waals surface area contributed by atoms with Crippen molar-refractivity contribution >= 4 is 17.7 Å². The van der Waals surface area contributed by atoms with Crippen LogP contribution in [0.1, 0.15) is 31.2 Å². The summed E-state index contributed by atoms with van der Waals surface area (Å²) in [5.41, 5.74) is 1.29. The smallest absolute Gasteiger partial charge is 0.306 e. The summed E-state index contributed by atoms with van der Waals surface area (Å²) in [5, 5.41) is 12.5. The highest BCUT2D eigenvalue weighted by molar-refractivity contribution is 7.99. The molecule has 0 aromatic heterocycles. The molecular weight excluding hydrogens is 270 g/mol. The highest BCUT2D eigenvalue weighted by Crippen LogP contribution is 2.24. The van der Waals surface area contributed by atoms with Crippen LogP contribution in [0.25, 0.3) is 0 Å². The molecule has 1 saturated carbocycles. The normalized spacial score (nSPS) is 22.6. The monoisotopic (exact) mass is 293 g/mol. The maximum absolute atomic E-state index is 10.9. The SMILES string of the molecule is Cc1ccc(SCCNC2CCC(C(=O)O)CC2)cc1. The molecule has 1 aromatic rings. The number of carboxylic acid groups (broad SMARTS) is 1. The molecule has 1 aliphatic carbocycles. The van der Waals surface area contributed by atoms with E-state index in [4.69, 9.17) is 5.11 Å². The lowest BCUT2D eigenvalue weighted by molar-refractivity contribution is -0.142. The van der Waals surface area contributed by atoms with Crippen LogP contribution in [0.5, 0.6) is 0 Å². The highest BCUT2D eigenvalue weighted by atomic mass is 32.2. The van der Waals surface area contributed by atoms with Crippen LogP contribution in [0, 0.1) is 12.8 Å². The van der Waals surface area contributed by atoms with Gasteiger partial charge in [-0.1, -0.05) is 17.7 Å². The molecule has 1 aromatic carbocycles. The Kier molecular flexibility index (Phi) is 5.92. The minimum absolute atomic E-state index is 0.116. The second-order valence-corrected chi connectivity index (χ2v) is 6.67. The fourth-order valence-corrected chi connectivity index (χ4v) is 3.40. The third-order valence-electron chi connectivity index (χ3n) is 3.90. The predicted octanol–water partition coefficient (Wildman–Crippen LogP) is 3.32. The van der Waals surface area contributed by atoms with Crippen molar-refractivity contribution < 1.29 is 9.90 Å². The molecule has 0 bridgehead atoms. The molecule has 4 heteroatoms. The first-order valence-electron chi connectivity index (χ1n) is 7.31. The van der Waals surface area contributed by atoms with Crippen LogP contribution < -0.4 is 5.32 Å². The summed E-state index contributed by atoms with van der Waals surface area (Å²) in [6, 6.07) is 9.12. The topological polar surface area (TPSA) is 49.3 Å². The molecule has 1 fully saturated rings. The number of aryl methyl sites for hydroxylation is 1. The van der Waals surface area contributed by atoms with E-state index in [9.17, 15) is 4.79 Å². The maximum Gasteiger partial charge on any atom is 0.306 e. The van der Waals surface area contributed by atoms with Gasteiger partial charge in [0.1, 0.15) is 0 Å². The first kappa shape index (κ1) is 15.4. The number of carboxylic acids is 1. The molecule has 0 unspecified atom stereocenters. The van der Waals surface area contributed by atoms with Gasteiger partial charge in [0.15, 0.2) is 0 Å². The zero-order valence-electron chi connectivity index (χ0n) is 12.0. The summed E-state index contributed by atoms with van der Waals surface area (Å²) in [5.74, 6) is 0.315. The predicted molar refractivity (Wildman–Crippen MR) is 83.3 cm³/mol. The van der Waals surface area contributed by atoms with Gasteiger partial charge in [-0.15, -0.1) is 11.8 Å². The molecule has 0 amide bonds. The summed E-state index contributed by atoms with van der Waals surface area (Å²) in [7, 11) is 0. The fraction of sp³-hybridized carbons (Fsp3) is 0.562. The van der Waals surface area contributed by atoms with Gasteiger partial charge < -0.3 is 10.4 Å². The van der Waals surface area contributed by atoms with E-state index in [0.29, 0.717) is 6.04 Å². The standard InChI is InChI=1S/C16H23NO2S/c1-12-2-8-15(9-3-12)20-11-10-17-14-6-4-13(5-7-14)16(18)19/h2-3,8-9,13-14,17H,4-7,10-11H2,1H3,(H,18,19). The van der Waals surface area contributed by atoms with E-state index in [1.807, 2.05) is 11.8 Å². The number of benzene rings is 1. The third kappa shape index (κ3) is 4.84. The Morgan fingerprint density at radius 2 is 1.90 bits per heavy atom. The molecule has 2 N–H and O–H groups in total. The van der Waals surface area contributed by atoms with Gasteiger partial charge in [0, 0.05) is 23.2 Å². The summed E-state index contributed by atoms with van der Waals surface area (Å²) in [4.78, 5) is 12.2. The quantitative estimate of drug-likeness (QED) is 0.624. The van der Waals surface area contributed by atoms with Crippen LogP contribution in [-0.2, 0) is 4.79 Å². The first-order valence-corrected chi connectivity index (χ1v) is 8.29. The van der Waals surface area contributed by atoms with Gasteiger partial charge in [-0.3, -0.25) is 4.79 Å². The first-order chi connectivity index (χ1) is 9.65. The van der Waals surface area contributed by atoms with E-state index in [1.54, 1.807) is 0 Å². The average molecular weight is 293 g/mol. The van der Waals surface area contributed by atoms with Crippen molar-refractivity contribution in [1.29, 1.82) is 0 Å². The van der Waals surface area contributed by atoms with Crippen molar-refractivity contribution in [1.82, 2.24) is 5.32 Å². The second-order valence-electron chi connectivity index (χ2n) is 5.50. The highest BCUT2D eigenvalue weighted by Gasteiger charge is 2.25. The lowest BCUT2D eigenvalue weighted by Gasteiger charge is -2.26. The average Bonchev–Trinajstić information content (AvgIpc) is 2.46. The Labute approximate surface area is 125 Å². The number of nitrogens with one attached hydrogen (secondary N) is 1. The number of hydrogen-bond acceptors (Lipinski definition) is 3. The van der Waals surface area contributed by atoms with E-state index in [-0.39, 0.29) is 5.92 Å². The molecule has 0 radical (unpaired) electrons. The third-order valence-corrected chi connectivity index (χ3v) is 4.91. The van der Waals surface area contributed by atoms with E-state index in [2.05, 4.69) is 36.5 Å². The van der Waals surface area contributed by atoms with Crippen LogP contribution in [0.4, 0.5) is 0 Å². The lowest BCUT2D eigenvalue weighted by atomic mass is 9.86.